The van der Waals surface area contributed by atoms with Gasteiger partial charge in [-0.15, -0.1) is 11.3 Å². The number of amides is 1. The summed E-state index contributed by atoms with van der Waals surface area (Å²) < 4.78 is 5.23. The zero-order chi connectivity index (χ0) is 18.8. The number of aryl methyl sites for hydroxylation is 1. The van der Waals surface area contributed by atoms with Gasteiger partial charge in [0.1, 0.15) is 5.75 Å². The van der Waals surface area contributed by atoms with E-state index >= 15 is 0 Å². The molecule has 0 radical (unpaired) electrons. The van der Waals surface area contributed by atoms with Crippen LogP contribution in [0.15, 0.2) is 54.2 Å². The summed E-state index contributed by atoms with van der Waals surface area (Å²) in [6, 6.07) is 11.2. The van der Waals surface area contributed by atoms with E-state index in [4.69, 9.17) is 4.74 Å². The van der Waals surface area contributed by atoms with Crippen molar-refractivity contribution in [2.75, 3.05) is 12.4 Å². The van der Waals surface area contributed by atoms with Crippen molar-refractivity contribution in [3.63, 3.8) is 0 Å². The van der Waals surface area contributed by atoms with E-state index in [1.165, 1.54) is 11.3 Å². The van der Waals surface area contributed by atoms with Crippen molar-refractivity contribution < 1.29 is 9.53 Å². The first-order valence-electron chi connectivity index (χ1n) is 8.27. The number of carbonyl (C=O) groups excluding carboxylic acids is 1. The van der Waals surface area contributed by atoms with E-state index in [9.17, 15) is 4.79 Å². The molecule has 4 rings (SSSR count). The van der Waals surface area contributed by atoms with Crippen molar-refractivity contribution in [2.24, 2.45) is 0 Å². The smallest absolute Gasteiger partial charge is 0.259 e. The van der Waals surface area contributed by atoms with Gasteiger partial charge in [0.15, 0.2) is 5.13 Å². The SMILES string of the molecule is COc1ccc2cc(C(=O)Nc3nc(-c4cccnc4)cs3)c(C)nc2c1. The fraction of sp³-hybridized carbons (Fsp3) is 0.100. The second-order valence-corrected chi connectivity index (χ2v) is 6.77. The lowest BCUT2D eigenvalue weighted by Crippen LogP contribution is -2.14. The monoisotopic (exact) mass is 376 g/mol. The second-order valence-electron chi connectivity index (χ2n) is 5.91. The summed E-state index contributed by atoms with van der Waals surface area (Å²) in [5.41, 5.74) is 3.65. The Balaban J connectivity index is 1.60. The number of thiazole rings is 1. The van der Waals surface area contributed by atoms with Crippen LogP contribution in [0.4, 0.5) is 5.13 Å². The number of pyridine rings is 2. The van der Waals surface area contributed by atoms with E-state index in [-0.39, 0.29) is 5.91 Å². The number of methoxy groups -OCH3 is 1. The highest BCUT2D eigenvalue weighted by molar-refractivity contribution is 7.14. The Labute approximate surface area is 159 Å². The number of aromatic nitrogens is 3. The van der Waals surface area contributed by atoms with E-state index in [0.717, 1.165) is 27.9 Å². The third kappa shape index (κ3) is 3.50. The highest BCUT2D eigenvalue weighted by atomic mass is 32.1. The van der Waals surface area contributed by atoms with Crippen LogP contribution in [-0.2, 0) is 0 Å². The predicted octanol–water partition coefficient (Wildman–Crippen LogP) is 4.32. The van der Waals surface area contributed by atoms with Gasteiger partial charge in [-0.05, 0) is 37.3 Å². The van der Waals surface area contributed by atoms with E-state index in [1.807, 2.05) is 48.7 Å². The van der Waals surface area contributed by atoms with Gasteiger partial charge in [-0.3, -0.25) is 20.1 Å². The van der Waals surface area contributed by atoms with Crippen molar-refractivity contribution in [3.8, 4) is 17.0 Å². The van der Waals surface area contributed by atoms with Crippen molar-refractivity contribution in [1.82, 2.24) is 15.0 Å². The molecule has 3 aromatic heterocycles. The third-order valence-corrected chi connectivity index (χ3v) is 4.90. The molecule has 0 aliphatic rings. The fourth-order valence-electron chi connectivity index (χ4n) is 2.74. The molecule has 0 spiro atoms. The molecule has 0 aliphatic carbocycles. The number of hydrogen-bond donors (Lipinski definition) is 1. The summed E-state index contributed by atoms with van der Waals surface area (Å²) in [6.45, 7) is 1.82. The highest BCUT2D eigenvalue weighted by Gasteiger charge is 2.14. The minimum absolute atomic E-state index is 0.232. The summed E-state index contributed by atoms with van der Waals surface area (Å²) in [5, 5.41) is 6.16. The molecule has 1 N–H and O–H groups in total. The number of ether oxygens (including phenoxy) is 1. The Kier molecular flexibility index (Phi) is 4.52. The lowest BCUT2D eigenvalue weighted by molar-refractivity contribution is 0.102. The molecular weight excluding hydrogens is 360 g/mol. The Hall–Kier alpha value is -3.32. The van der Waals surface area contributed by atoms with Crippen LogP contribution in [-0.4, -0.2) is 28.0 Å². The fourth-order valence-corrected chi connectivity index (χ4v) is 3.46. The Morgan fingerprint density at radius 1 is 1.19 bits per heavy atom. The Bertz CT molecular complexity index is 1130. The van der Waals surface area contributed by atoms with E-state index in [1.54, 1.807) is 19.5 Å². The van der Waals surface area contributed by atoms with Gasteiger partial charge in [0.25, 0.3) is 5.91 Å². The van der Waals surface area contributed by atoms with Crippen LogP contribution in [0.2, 0.25) is 0 Å². The number of benzene rings is 1. The first kappa shape index (κ1) is 17.1. The molecular formula is C20H16N4O2S. The zero-order valence-electron chi connectivity index (χ0n) is 14.8. The summed E-state index contributed by atoms with van der Waals surface area (Å²) in [7, 11) is 1.61. The molecule has 134 valence electrons. The van der Waals surface area contributed by atoms with Crippen LogP contribution in [0.1, 0.15) is 16.1 Å². The van der Waals surface area contributed by atoms with Gasteiger partial charge in [-0.1, -0.05) is 0 Å². The van der Waals surface area contributed by atoms with E-state index < -0.39 is 0 Å². The maximum atomic E-state index is 12.7. The molecule has 0 fully saturated rings. The van der Waals surface area contributed by atoms with E-state index in [2.05, 4.69) is 20.3 Å². The van der Waals surface area contributed by atoms with Crippen molar-refractivity contribution >= 4 is 33.3 Å². The average molecular weight is 376 g/mol. The summed E-state index contributed by atoms with van der Waals surface area (Å²) in [5.74, 6) is 0.502. The highest BCUT2D eigenvalue weighted by Crippen LogP contribution is 2.26. The van der Waals surface area contributed by atoms with Crippen LogP contribution in [0.5, 0.6) is 5.75 Å². The van der Waals surface area contributed by atoms with Crippen LogP contribution in [0.25, 0.3) is 22.2 Å². The predicted molar refractivity (Wildman–Crippen MR) is 106 cm³/mol. The molecule has 0 saturated heterocycles. The Morgan fingerprint density at radius 3 is 2.85 bits per heavy atom. The number of nitrogens with zero attached hydrogens (tertiary/aromatic N) is 3. The first-order chi connectivity index (χ1) is 13.1. The second kappa shape index (κ2) is 7.13. The topological polar surface area (TPSA) is 77.0 Å². The number of hydrogen-bond acceptors (Lipinski definition) is 6. The molecule has 1 aromatic carbocycles. The normalized spacial score (nSPS) is 10.7. The largest absolute Gasteiger partial charge is 0.497 e. The summed E-state index contributed by atoms with van der Waals surface area (Å²) in [4.78, 5) is 25.8. The molecule has 7 heteroatoms. The van der Waals surface area contributed by atoms with Gasteiger partial charge in [0, 0.05) is 34.8 Å². The number of carbonyl (C=O) groups is 1. The Morgan fingerprint density at radius 2 is 2.07 bits per heavy atom. The first-order valence-corrected chi connectivity index (χ1v) is 9.14. The minimum Gasteiger partial charge on any atom is -0.497 e. The number of anilines is 1. The number of fused-ring (bicyclic) bond motifs is 1. The molecule has 3 heterocycles. The summed E-state index contributed by atoms with van der Waals surface area (Å²) >= 11 is 1.37. The van der Waals surface area contributed by atoms with Gasteiger partial charge >= 0.3 is 0 Å². The molecule has 0 unspecified atom stereocenters. The van der Waals surface area contributed by atoms with Crippen molar-refractivity contribution in [3.05, 3.63) is 65.4 Å². The molecule has 1 amide bonds. The maximum Gasteiger partial charge on any atom is 0.259 e. The van der Waals surface area contributed by atoms with Crippen molar-refractivity contribution in [1.29, 1.82) is 0 Å². The standard InChI is InChI=1S/C20H16N4O2S/c1-12-16(8-13-5-6-15(26-2)9-17(13)22-12)19(25)24-20-23-18(11-27-20)14-4-3-7-21-10-14/h3-11H,1-2H3,(H,23,24,25). The molecule has 6 nitrogen and oxygen atoms in total. The molecule has 0 atom stereocenters. The molecule has 27 heavy (non-hydrogen) atoms. The van der Waals surface area contributed by atoms with Gasteiger partial charge < -0.3 is 4.74 Å². The average Bonchev–Trinajstić information content (AvgIpc) is 3.16. The van der Waals surface area contributed by atoms with Crippen LogP contribution in [0, 0.1) is 6.92 Å². The summed E-state index contributed by atoms with van der Waals surface area (Å²) in [6.07, 6.45) is 3.45. The molecule has 0 bridgehead atoms. The minimum atomic E-state index is -0.232. The van der Waals surface area contributed by atoms with Crippen LogP contribution in [0.3, 0.4) is 0 Å². The lowest BCUT2D eigenvalue weighted by Gasteiger charge is -2.08. The number of nitrogens with one attached hydrogen (secondary N) is 1. The third-order valence-electron chi connectivity index (χ3n) is 4.14. The maximum absolute atomic E-state index is 12.7. The lowest BCUT2D eigenvalue weighted by atomic mass is 10.1. The van der Waals surface area contributed by atoms with Gasteiger partial charge in [0.05, 0.1) is 29.6 Å². The molecule has 0 aliphatic heterocycles. The molecule has 0 saturated carbocycles. The van der Waals surface area contributed by atoms with Gasteiger partial charge in [-0.2, -0.15) is 0 Å². The molecule has 4 aromatic rings. The zero-order valence-corrected chi connectivity index (χ0v) is 15.6. The quantitative estimate of drug-likeness (QED) is 0.574. The van der Waals surface area contributed by atoms with Crippen LogP contribution >= 0.6 is 11.3 Å². The van der Waals surface area contributed by atoms with Crippen LogP contribution < -0.4 is 10.1 Å². The van der Waals surface area contributed by atoms with Crippen molar-refractivity contribution in [2.45, 2.75) is 6.92 Å². The number of rotatable bonds is 4. The van der Waals surface area contributed by atoms with Gasteiger partial charge in [-0.25, -0.2) is 4.98 Å². The van der Waals surface area contributed by atoms with Gasteiger partial charge in [0.2, 0.25) is 0 Å². The van der Waals surface area contributed by atoms with E-state index in [0.29, 0.717) is 16.4 Å².